The maximum Gasteiger partial charge on any atom is 0.332 e. The van der Waals surface area contributed by atoms with E-state index in [2.05, 4.69) is 0 Å². The lowest BCUT2D eigenvalue weighted by molar-refractivity contribution is -0.120. The van der Waals surface area contributed by atoms with Crippen molar-refractivity contribution < 1.29 is 9.59 Å². The lowest BCUT2D eigenvalue weighted by Gasteiger charge is -2.25. The summed E-state index contributed by atoms with van der Waals surface area (Å²) < 4.78 is 0. The first-order chi connectivity index (χ1) is 9.56. The van der Waals surface area contributed by atoms with Crippen molar-refractivity contribution in [3.8, 4) is 0 Å². The van der Waals surface area contributed by atoms with Gasteiger partial charge >= 0.3 is 6.03 Å². The number of nitrogens with zero attached hydrogens (tertiary/aromatic N) is 2. The van der Waals surface area contributed by atoms with Crippen LogP contribution in [0, 0.1) is 5.92 Å². The van der Waals surface area contributed by atoms with Crippen molar-refractivity contribution in [2.24, 2.45) is 5.92 Å². The van der Waals surface area contributed by atoms with Gasteiger partial charge < -0.3 is 4.90 Å². The van der Waals surface area contributed by atoms with Crippen molar-refractivity contribution in [3.05, 3.63) is 28.2 Å². The molecule has 1 saturated carbocycles. The van der Waals surface area contributed by atoms with Gasteiger partial charge in [0.05, 0.1) is 5.69 Å². The van der Waals surface area contributed by atoms with Crippen LogP contribution in [-0.2, 0) is 4.79 Å². The van der Waals surface area contributed by atoms with Crippen LogP contribution in [0.15, 0.2) is 18.2 Å². The first kappa shape index (κ1) is 12.5. The topological polar surface area (TPSA) is 40.6 Å². The summed E-state index contributed by atoms with van der Waals surface area (Å²) in [6, 6.07) is 4.51. The predicted octanol–water partition coefficient (Wildman–Crippen LogP) is 3.31. The van der Waals surface area contributed by atoms with E-state index >= 15 is 0 Å². The molecule has 2 aliphatic heterocycles. The van der Waals surface area contributed by atoms with Gasteiger partial charge in [-0.25, -0.2) is 9.69 Å². The van der Waals surface area contributed by atoms with Crippen LogP contribution in [0.2, 0.25) is 10.0 Å². The molecular weight excluding hydrogens is 299 g/mol. The Morgan fingerprint density at radius 2 is 1.75 bits per heavy atom. The smallest absolute Gasteiger partial charge is 0.309 e. The summed E-state index contributed by atoms with van der Waals surface area (Å²) in [7, 11) is 0. The molecule has 0 unspecified atom stereocenters. The normalized spacial score (nSPS) is 31.4. The first-order valence-electron chi connectivity index (χ1n) is 6.68. The molecule has 104 valence electrons. The summed E-state index contributed by atoms with van der Waals surface area (Å²) >= 11 is 11.9. The van der Waals surface area contributed by atoms with Crippen LogP contribution < -0.4 is 4.90 Å². The van der Waals surface area contributed by atoms with Gasteiger partial charge in [-0.15, -0.1) is 0 Å². The molecular formula is C14H12Cl2N2O2. The Morgan fingerprint density at radius 1 is 1.05 bits per heavy atom. The number of rotatable bonds is 1. The minimum absolute atomic E-state index is 0.138. The highest BCUT2D eigenvalue weighted by Crippen LogP contribution is 2.47. The van der Waals surface area contributed by atoms with E-state index in [0.29, 0.717) is 21.7 Å². The number of hydrogen-bond donors (Lipinski definition) is 0. The second kappa shape index (κ2) is 4.12. The SMILES string of the molecule is O=C1[C@@H]2[C@H]3CC[C@H](C3)N2C(=O)N1c1cc(Cl)cc(Cl)c1. The number of hydrogen-bond acceptors (Lipinski definition) is 2. The molecule has 4 rings (SSSR count). The van der Waals surface area contributed by atoms with E-state index in [1.165, 1.54) is 4.90 Å². The van der Waals surface area contributed by atoms with Crippen molar-refractivity contribution in [2.45, 2.75) is 31.3 Å². The highest BCUT2D eigenvalue weighted by Gasteiger charge is 2.59. The Labute approximate surface area is 126 Å². The molecule has 6 heteroatoms. The Balaban J connectivity index is 1.76. The molecule has 0 aromatic heterocycles. The summed E-state index contributed by atoms with van der Waals surface area (Å²) in [5.41, 5.74) is 0.464. The third kappa shape index (κ3) is 1.55. The van der Waals surface area contributed by atoms with Crippen LogP contribution in [0.5, 0.6) is 0 Å². The molecule has 3 amide bonds. The number of fused-ring (bicyclic) bond motifs is 5. The van der Waals surface area contributed by atoms with E-state index in [-0.39, 0.29) is 24.0 Å². The fraction of sp³-hybridized carbons (Fsp3) is 0.429. The van der Waals surface area contributed by atoms with Crippen LogP contribution in [0.25, 0.3) is 0 Å². The Bertz CT molecular complexity index is 585. The van der Waals surface area contributed by atoms with Gasteiger partial charge in [0.2, 0.25) is 0 Å². The first-order valence-corrected chi connectivity index (χ1v) is 7.44. The number of amides is 3. The van der Waals surface area contributed by atoms with Crippen LogP contribution in [0.1, 0.15) is 19.3 Å². The number of urea groups is 1. The number of carbonyl (C=O) groups is 2. The fourth-order valence-corrected chi connectivity index (χ4v) is 4.34. The van der Waals surface area contributed by atoms with Crippen LogP contribution >= 0.6 is 23.2 Å². The van der Waals surface area contributed by atoms with E-state index in [9.17, 15) is 9.59 Å². The van der Waals surface area contributed by atoms with E-state index in [1.807, 2.05) is 0 Å². The van der Waals surface area contributed by atoms with E-state index in [0.717, 1.165) is 19.3 Å². The van der Waals surface area contributed by atoms with Crippen LogP contribution in [0.4, 0.5) is 10.5 Å². The molecule has 1 aromatic carbocycles. The van der Waals surface area contributed by atoms with Gasteiger partial charge in [-0.2, -0.15) is 0 Å². The predicted molar refractivity (Wildman–Crippen MR) is 76.1 cm³/mol. The third-order valence-corrected chi connectivity index (χ3v) is 5.01. The molecule has 2 heterocycles. The second-order valence-electron chi connectivity index (χ2n) is 5.66. The zero-order chi connectivity index (χ0) is 14.0. The van der Waals surface area contributed by atoms with Crippen LogP contribution in [0.3, 0.4) is 0 Å². The lowest BCUT2D eigenvalue weighted by Crippen LogP contribution is -2.40. The summed E-state index contributed by atoms with van der Waals surface area (Å²) in [5.74, 6) is 0.177. The van der Waals surface area contributed by atoms with E-state index < -0.39 is 0 Å². The zero-order valence-electron chi connectivity index (χ0n) is 10.6. The van der Waals surface area contributed by atoms with Gasteiger partial charge in [0.25, 0.3) is 5.91 Å². The fourth-order valence-electron chi connectivity index (χ4n) is 3.83. The Morgan fingerprint density at radius 3 is 2.40 bits per heavy atom. The third-order valence-electron chi connectivity index (χ3n) is 4.58. The molecule has 1 aliphatic carbocycles. The number of halogens is 2. The second-order valence-corrected chi connectivity index (χ2v) is 6.54. The average Bonchev–Trinajstić information content (AvgIpc) is 3.02. The molecule has 4 nitrogen and oxygen atoms in total. The van der Waals surface area contributed by atoms with Gasteiger partial charge in [0, 0.05) is 16.1 Å². The van der Waals surface area contributed by atoms with E-state index in [1.54, 1.807) is 23.1 Å². The Kier molecular flexibility index (Phi) is 2.57. The zero-order valence-corrected chi connectivity index (χ0v) is 12.1. The number of carbonyl (C=O) groups excluding carboxylic acids is 2. The minimum Gasteiger partial charge on any atom is -0.309 e. The molecule has 0 N–H and O–H groups in total. The van der Waals surface area contributed by atoms with Gasteiger partial charge in [-0.3, -0.25) is 4.79 Å². The molecule has 2 saturated heterocycles. The average molecular weight is 311 g/mol. The molecule has 1 aromatic rings. The maximum absolute atomic E-state index is 12.6. The van der Waals surface area contributed by atoms with Crippen molar-refractivity contribution in [3.63, 3.8) is 0 Å². The maximum atomic E-state index is 12.6. The monoisotopic (exact) mass is 310 g/mol. The van der Waals surface area contributed by atoms with Crippen molar-refractivity contribution >= 4 is 40.8 Å². The van der Waals surface area contributed by atoms with Gasteiger partial charge in [-0.1, -0.05) is 23.2 Å². The van der Waals surface area contributed by atoms with Crippen molar-refractivity contribution in [1.82, 2.24) is 4.90 Å². The number of anilines is 1. The molecule has 0 spiro atoms. The molecule has 3 atom stereocenters. The van der Waals surface area contributed by atoms with Crippen molar-refractivity contribution in [2.75, 3.05) is 4.90 Å². The lowest BCUT2D eigenvalue weighted by atomic mass is 9.99. The Hall–Kier alpha value is -1.26. The molecule has 3 fully saturated rings. The highest BCUT2D eigenvalue weighted by molar-refractivity contribution is 6.35. The molecule has 2 bridgehead atoms. The van der Waals surface area contributed by atoms with Gasteiger partial charge in [0.15, 0.2) is 0 Å². The minimum atomic E-state index is -0.279. The van der Waals surface area contributed by atoms with Gasteiger partial charge in [0.1, 0.15) is 6.04 Å². The highest BCUT2D eigenvalue weighted by atomic mass is 35.5. The van der Waals surface area contributed by atoms with Crippen LogP contribution in [-0.4, -0.2) is 28.9 Å². The molecule has 0 radical (unpaired) electrons. The van der Waals surface area contributed by atoms with E-state index in [4.69, 9.17) is 23.2 Å². The molecule has 3 aliphatic rings. The van der Waals surface area contributed by atoms with Gasteiger partial charge in [-0.05, 0) is 43.4 Å². The summed E-state index contributed by atoms with van der Waals surface area (Å²) in [6.07, 6.45) is 3.01. The molecule has 20 heavy (non-hydrogen) atoms. The number of piperidine rings is 1. The quantitative estimate of drug-likeness (QED) is 0.747. The number of benzene rings is 1. The standard InChI is InChI=1S/C14H12Cl2N2O2/c15-8-4-9(16)6-11(5-8)18-13(19)12-7-1-2-10(3-7)17(12)14(18)20/h4-7,10,12H,1-3H2/t7-,10+,12-/m0/s1. The summed E-state index contributed by atoms with van der Waals surface area (Å²) in [5, 5.41) is 0.839. The largest absolute Gasteiger partial charge is 0.332 e. The van der Waals surface area contributed by atoms with Crippen molar-refractivity contribution in [1.29, 1.82) is 0 Å². The summed E-state index contributed by atoms with van der Waals surface area (Å²) in [6.45, 7) is 0. The summed E-state index contributed by atoms with van der Waals surface area (Å²) in [4.78, 5) is 28.1. The number of imide groups is 1.